The van der Waals surface area contributed by atoms with E-state index < -0.39 is 0 Å². The molecule has 0 heterocycles. The van der Waals surface area contributed by atoms with E-state index >= 15 is 0 Å². The predicted octanol–water partition coefficient (Wildman–Crippen LogP) is 2.11. The van der Waals surface area contributed by atoms with Crippen LogP contribution in [-0.2, 0) is 0 Å². The molecular weight excluding hydrogens is 208 g/mol. The second kappa shape index (κ2) is 5.90. The lowest BCUT2D eigenvalue weighted by molar-refractivity contribution is 0.108. The number of hydrogen-bond donors (Lipinski definition) is 0. The van der Waals surface area contributed by atoms with E-state index in [1.54, 1.807) is 12.1 Å². The van der Waals surface area contributed by atoms with E-state index in [2.05, 4.69) is 0 Å². The Bertz CT molecular complexity index is 348. The van der Waals surface area contributed by atoms with Crippen molar-refractivity contribution in [3.8, 4) is 11.5 Å². The van der Waals surface area contributed by atoms with Gasteiger partial charge < -0.3 is 9.47 Å². The Morgan fingerprint density at radius 3 is 1.56 bits per heavy atom. The van der Waals surface area contributed by atoms with Crippen LogP contribution in [0.4, 0.5) is 0 Å². The molecule has 0 unspecified atom stereocenters. The third-order valence-corrected chi connectivity index (χ3v) is 2.04. The lowest BCUT2D eigenvalue weighted by atomic mass is 10.1. The predicted molar refractivity (Wildman–Crippen MR) is 59.6 cm³/mol. The topological polar surface area (TPSA) is 52.6 Å². The average Bonchev–Trinajstić information content (AvgIpc) is 2.31. The molecule has 0 saturated carbocycles. The highest BCUT2D eigenvalue weighted by atomic mass is 16.5. The number of benzene rings is 1. The van der Waals surface area contributed by atoms with Gasteiger partial charge in [-0.15, -0.1) is 0 Å². The van der Waals surface area contributed by atoms with Crippen LogP contribution in [0.1, 0.15) is 34.6 Å². The summed E-state index contributed by atoms with van der Waals surface area (Å²) in [6, 6.07) is 3.26. The number of hydrogen-bond acceptors (Lipinski definition) is 4. The minimum absolute atomic E-state index is 0.239. The van der Waals surface area contributed by atoms with Gasteiger partial charge in [-0.3, -0.25) is 9.59 Å². The minimum Gasteiger partial charge on any atom is -0.493 e. The van der Waals surface area contributed by atoms with Gasteiger partial charge in [-0.1, -0.05) is 0 Å². The molecular formula is C12H14O4. The maximum atomic E-state index is 10.9. The zero-order valence-corrected chi connectivity index (χ0v) is 9.36. The highest BCUT2D eigenvalue weighted by Crippen LogP contribution is 2.28. The molecule has 0 N–H and O–H groups in total. The summed E-state index contributed by atoms with van der Waals surface area (Å²) >= 11 is 0. The lowest BCUT2D eigenvalue weighted by Crippen LogP contribution is -2.03. The van der Waals surface area contributed by atoms with Crippen molar-refractivity contribution in [2.45, 2.75) is 13.8 Å². The fourth-order valence-corrected chi connectivity index (χ4v) is 1.40. The molecule has 86 valence electrons. The standard InChI is InChI=1S/C12H14O4/c1-3-15-11-5-6-12(16-4-2)10(8-14)9(11)7-13/h5-8H,3-4H2,1-2H3. The van der Waals surface area contributed by atoms with Crippen LogP contribution in [0.5, 0.6) is 11.5 Å². The molecule has 0 aliphatic rings. The van der Waals surface area contributed by atoms with E-state index in [0.29, 0.717) is 37.3 Å². The normalized spacial score (nSPS) is 9.62. The van der Waals surface area contributed by atoms with Crippen molar-refractivity contribution in [1.29, 1.82) is 0 Å². The summed E-state index contributed by atoms with van der Waals surface area (Å²) in [5.41, 5.74) is 0.477. The third kappa shape index (κ3) is 2.39. The number of carbonyl (C=O) groups excluding carboxylic acids is 2. The highest BCUT2D eigenvalue weighted by molar-refractivity contribution is 5.95. The maximum Gasteiger partial charge on any atom is 0.154 e. The van der Waals surface area contributed by atoms with Crippen molar-refractivity contribution in [1.82, 2.24) is 0 Å². The molecule has 4 heteroatoms. The number of aldehydes is 2. The molecule has 0 aromatic heterocycles. The molecule has 16 heavy (non-hydrogen) atoms. The molecule has 0 aliphatic heterocycles. The van der Waals surface area contributed by atoms with Crippen LogP contribution in [0.15, 0.2) is 12.1 Å². The van der Waals surface area contributed by atoms with E-state index in [4.69, 9.17) is 9.47 Å². The van der Waals surface area contributed by atoms with Crippen LogP contribution in [0, 0.1) is 0 Å². The zero-order chi connectivity index (χ0) is 12.0. The minimum atomic E-state index is 0.239. The summed E-state index contributed by atoms with van der Waals surface area (Å²) in [6.45, 7) is 4.50. The SMILES string of the molecule is CCOc1ccc(OCC)c(C=O)c1C=O. The molecule has 1 rings (SSSR count). The summed E-state index contributed by atoms with van der Waals surface area (Å²) in [4.78, 5) is 21.9. The van der Waals surface area contributed by atoms with Gasteiger partial charge in [0.1, 0.15) is 11.5 Å². The van der Waals surface area contributed by atoms with Gasteiger partial charge in [0, 0.05) is 0 Å². The summed E-state index contributed by atoms with van der Waals surface area (Å²) in [7, 11) is 0. The Balaban J connectivity index is 3.27. The van der Waals surface area contributed by atoms with E-state index in [1.807, 2.05) is 13.8 Å². The Hall–Kier alpha value is -1.84. The largest absolute Gasteiger partial charge is 0.493 e. The first-order chi connectivity index (χ1) is 7.78. The third-order valence-electron chi connectivity index (χ3n) is 2.04. The fraction of sp³-hybridized carbons (Fsp3) is 0.333. The zero-order valence-electron chi connectivity index (χ0n) is 9.36. The lowest BCUT2D eigenvalue weighted by Gasteiger charge is -2.11. The second-order valence-electron chi connectivity index (χ2n) is 2.99. The summed E-state index contributed by atoms with van der Waals surface area (Å²) in [6.07, 6.45) is 1.22. The van der Waals surface area contributed by atoms with Crippen LogP contribution in [0.3, 0.4) is 0 Å². The molecule has 0 spiro atoms. The smallest absolute Gasteiger partial charge is 0.154 e. The Labute approximate surface area is 94.2 Å². The van der Waals surface area contributed by atoms with Gasteiger partial charge in [0.25, 0.3) is 0 Å². The molecule has 1 aromatic carbocycles. The molecule has 4 nitrogen and oxygen atoms in total. The average molecular weight is 222 g/mol. The number of ether oxygens (including phenoxy) is 2. The van der Waals surface area contributed by atoms with Crippen molar-refractivity contribution < 1.29 is 19.1 Å². The molecule has 0 atom stereocenters. The van der Waals surface area contributed by atoms with Gasteiger partial charge in [0.15, 0.2) is 12.6 Å². The fourth-order valence-electron chi connectivity index (χ4n) is 1.40. The summed E-state index contributed by atoms with van der Waals surface area (Å²) in [5, 5.41) is 0. The van der Waals surface area contributed by atoms with Crippen molar-refractivity contribution in [2.24, 2.45) is 0 Å². The quantitative estimate of drug-likeness (QED) is 0.692. The first-order valence-corrected chi connectivity index (χ1v) is 5.11. The first-order valence-electron chi connectivity index (χ1n) is 5.11. The van der Waals surface area contributed by atoms with E-state index in [-0.39, 0.29) is 11.1 Å². The molecule has 0 fully saturated rings. The molecule has 1 aromatic rings. The highest BCUT2D eigenvalue weighted by Gasteiger charge is 2.14. The van der Waals surface area contributed by atoms with Gasteiger partial charge >= 0.3 is 0 Å². The maximum absolute atomic E-state index is 10.9. The summed E-state index contributed by atoms with van der Waals surface area (Å²) < 4.78 is 10.5. The summed E-state index contributed by atoms with van der Waals surface area (Å²) in [5.74, 6) is 0.811. The molecule has 0 saturated heterocycles. The monoisotopic (exact) mass is 222 g/mol. The van der Waals surface area contributed by atoms with Crippen LogP contribution in [0.25, 0.3) is 0 Å². The molecule has 0 radical (unpaired) electrons. The van der Waals surface area contributed by atoms with Crippen LogP contribution >= 0.6 is 0 Å². The molecule has 0 aliphatic carbocycles. The molecule has 0 bridgehead atoms. The first kappa shape index (κ1) is 12.2. The van der Waals surface area contributed by atoms with Gasteiger partial charge in [0.05, 0.1) is 24.3 Å². The molecule has 0 amide bonds. The Morgan fingerprint density at radius 2 is 1.31 bits per heavy atom. The van der Waals surface area contributed by atoms with Crippen molar-refractivity contribution in [2.75, 3.05) is 13.2 Å². The Morgan fingerprint density at radius 1 is 0.938 bits per heavy atom. The number of carbonyl (C=O) groups is 2. The van der Waals surface area contributed by atoms with Crippen LogP contribution < -0.4 is 9.47 Å². The number of rotatable bonds is 6. The van der Waals surface area contributed by atoms with E-state index in [1.165, 1.54) is 0 Å². The van der Waals surface area contributed by atoms with Crippen molar-refractivity contribution in [3.05, 3.63) is 23.3 Å². The van der Waals surface area contributed by atoms with Crippen LogP contribution in [0.2, 0.25) is 0 Å². The Kier molecular flexibility index (Phi) is 4.51. The van der Waals surface area contributed by atoms with E-state index in [0.717, 1.165) is 0 Å². The van der Waals surface area contributed by atoms with Gasteiger partial charge in [0.2, 0.25) is 0 Å². The van der Waals surface area contributed by atoms with Gasteiger partial charge in [-0.25, -0.2) is 0 Å². The van der Waals surface area contributed by atoms with E-state index in [9.17, 15) is 9.59 Å². The van der Waals surface area contributed by atoms with Crippen molar-refractivity contribution >= 4 is 12.6 Å². The van der Waals surface area contributed by atoms with Gasteiger partial charge in [-0.05, 0) is 26.0 Å². The van der Waals surface area contributed by atoms with Gasteiger partial charge in [-0.2, -0.15) is 0 Å². The second-order valence-corrected chi connectivity index (χ2v) is 2.99. The van der Waals surface area contributed by atoms with Crippen LogP contribution in [-0.4, -0.2) is 25.8 Å². The van der Waals surface area contributed by atoms with Crippen molar-refractivity contribution in [3.63, 3.8) is 0 Å².